The Morgan fingerprint density at radius 2 is 1.92 bits per heavy atom. The zero-order chi connectivity index (χ0) is 9.90. The van der Waals surface area contributed by atoms with Crippen molar-refractivity contribution in [3.05, 3.63) is 12.2 Å². The molecule has 2 heteroatoms. The molecule has 0 radical (unpaired) electrons. The Morgan fingerprint density at radius 1 is 1.38 bits per heavy atom. The molecule has 0 aromatic heterocycles. The molecule has 0 saturated carbocycles. The highest BCUT2D eigenvalue weighted by atomic mass is 16.7. The van der Waals surface area contributed by atoms with Crippen LogP contribution < -0.4 is 0 Å². The van der Waals surface area contributed by atoms with E-state index in [1.54, 1.807) is 0 Å². The molecule has 0 atom stereocenters. The molecule has 1 aliphatic rings. The number of rotatable bonds is 4. The number of allylic oxidation sites excluding steroid dienone is 1. The van der Waals surface area contributed by atoms with Crippen LogP contribution in [0.3, 0.4) is 0 Å². The van der Waals surface area contributed by atoms with E-state index >= 15 is 0 Å². The van der Waals surface area contributed by atoms with Gasteiger partial charge < -0.3 is 9.47 Å². The molecule has 0 spiro atoms. The zero-order valence-electron chi connectivity index (χ0n) is 8.93. The average Bonchev–Trinajstić information content (AvgIpc) is 2.48. The van der Waals surface area contributed by atoms with Gasteiger partial charge in [-0.15, -0.1) is 0 Å². The summed E-state index contributed by atoms with van der Waals surface area (Å²) in [6.45, 7) is 11.8. The lowest BCUT2D eigenvalue weighted by Crippen LogP contribution is -2.25. The quantitative estimate of drug-likeness (QED) is 0.625. The van der Waals surface area contributed by atoms with Crippen LogP contribution in [-0.4, -0.2) is 19.0 Å². The smallest absolute Gasteiger partial charge is 0.166 e. The van der Waals surface area contributed by atoms with Gasteiger partial charge in [-0.3, -0.25) is 0 Å². The molecule has 1 heterocycles. The molecular formula is C11H20O2. The van der Waals surface area contributed by atoms with Gasteiger partial charge in [-0.1, -0.05) is 26.0 Å². The van der Waals surface area contributed by atoms with Crippen LogP contribution >= 0.6 is 0 Å². The fraction of sp³-hybridized carbons (Fsp3) is 0.818. The highest BCUT2D eigenvalue weighted by Crippen LogP contribution is 2.27. The molecule has 1 aliphatic heterocycles. The van der Waals surface area contributed by atoms with Crippen LogP contribution in [0.2, 0.25) is 0 Å². The van der Waals surface area contributed by atoms with E-state index in [0.717, 1.165) is 26.1 Å². The van der Waals surface area contributed by atoms with Crippen molar-refractivity contribution >= 4 is 0 Å². The van der Waals surface area contributed by atoms with Crippen molar-refractivity contribution in [2.75, 3.05) is 13.2 Å². The summed E-state index contributed by atoms with van der Waals surface area (Å²) in [7, 11) is 0. The van der Waals surface area contributed by atoms with Gasteiger partial charge in [0.25, 0.3) is 0 Å². The van der Waals surface area contributed by atoms with Crippen molar-refractivity contribution in [2.24, 2.45) is 5.92 Å². The third-order valence-electron chi connectivity index (χ3n) is 2.61. The van der Waals surface area contributed by atoms with Gasteiger partial charge in [0.1, 0.15) is 0 Å². The second-order valence-electron chi connectivity index (χ2n) is 4.14. The topological polar surface area (TPSA) is 18.5 Å². The molecule has 0 unspecified atom stereocenters. The van der Waals surface area contributed by atoms with Crippen molar-refractivity contribution in [1.82, 2.24) is 0 Å². The van der Waals surface area contributed by atoms with E-state index in [-0.39, 0.29) is 5.79 Å². The number of hydrogen-bond acceptors (Lipinski definition) is 2. The van der Waals surface area contributed by atoms with Gasteiger partial charge in [0.2, 0.25) is 0 Å². The molecule has 0 amide bonds. The van der Waals surface area contributed by atoms with E-state index in [2.05, 4.69) is 20.4 Å². The Kier molecular flexibility index (Phi) is 3.51. The minimum Gasteiger partial charge on any atom is -0.348 e. The maximum absolute atomic E-state index is 5.51. The molecule has 1 saturated heterocycles. The monoisotopic (exact) mass is 184 g/mol. The number of hydrogen-bond donors (Lipinski definition) is 0. The first kappa shape index (κ1) is 10.7. The van der Waals surface area contributed by atoms with Crippen molar-refractivity contribution in [3.8, 4) is 0 Å². The molecule has 0 aromatic rings. The van der Waals surface area contributed by atoms with Crippen LogP contribution in [0.25, 0.3) is 0 Å². The van der Waals surface area contributed by atoms with Gasteiger partial charge in [-0.05, 0) is 19.3 Å². The second-order valence-corrected chi connectivity index (χ2v) is 4.14. The van der Waals surface area contributed by atoms with Gasteiger partial charge in [-0.2, -0.15) is 0 Å². The summed E-state index contributed by atoms with van der Waals surface area (Å²) in [5.74, 6) is 0.211. The Hall–Kier alpha value is -0.340. The lowest BCUT2D eigenvalue weighted by molar-refractivity contribution is -0.146. The van der Waals surface area contributed by atoms with Gasteiger partial charge in [0, 0.05) is 6.42 Å². The number of ether oxygens (including phenoxy) is 2. The summed E-state index contributed by atoms with van der Waals surface area (Å²) in [5.41, 5.74) is 1.28. The van der Waals surface area contributed by atoms with E-state index in [9.17, 15) is 0 Å². The molecule has 0 N–H and O–H groups in total. The molecule has 1 fully saturated rings. The average molecular weight is 184 g/mol. The summed E-state index contributed by atoms with van der Waals surface area (Å²) >= 11 is 0. The predicted molar refractivity (Wildman–Crippen MR) is 53.5 cm³/mol. The largest absolute Gasteiger partial charge is 0.348 e. The van der Waals surface area contributed by atoms with E-state index in [0.29, 0.717) is 5.92 Å². The Labute approximate surface area is 80.9 Å². The molecule has 1 rings (SSSR count). The zero-order valence-corrected chi connectivity index (χ0v) is 8.93. The van der Waals surface area contributed by atoms with Crippen molar-refractivity contribution in [1.29, 1.82) is 0 Å². The molecule has 0 aliphatic carbocycles. The maximum Gasteiger partial charge on any atom is 0.166 e. The van der Waals surface area contributed by atoms with Crippen LogP contribution in [0.5, 0.6) is 0 Å². The molecule has 76 valence electrons. The van der Waals surface area contributed by atoms with Gasteiger partial charge in [-0.25, -0.2) is 0 Å². The van der Waals surface area contributed by atoms with E-state index in [1.807, 2.05) is 6.92 Å². The van der Waals surface area contributed by atoms with Crippen molar-refractivity contribution in [2.45, 2.75) is 39.4 Å². The summed E-state index contributed by atoms with van der Waals surface area (Å²) in [4.78, 5) is 0. The summed E-state index contributed by atoms with van der Waals surface area (Å²) < 4.78 is 11.0. The Morgan fingerprint density at radius 3 is 2.38 bits per heavy atom. The molecule has 0 aromatic carbocycles. The van der Waals surface area contributed by atoms with E-state index < -0.39 is 0 Å². The SMILES string of the molecule is C=C(CCC1(C)OCCO1)C(C)C. The molecule has 0 bridgehead atoms. The highest BCUT2D eigenvalue weighted by molar-refractivity contribution is 4.98. The second kappa shape index (κ2) is 4.25. The first-order chi connectivity index (χ1) is 6.03. The van der Waals surface area contributed by atoms with Crippen molar-refractivity contribution in [3.63, 3.8) is 0 Å². The molecule has 2 nitrogen and oxygen atoms in total. The standard InChI is InChI=1S/C11H20O2/c1-9(2)10(3)5-6-11(4)12-7-8-13-11/h9H,3,5-8H2,1-2,4H3. The first-order valence-corrected chi connectivity index (χ1v) is 4.99. The van der Waals surface area contributed by atoms with E-state index in [4.69, 9.17) is 9.47 Å². The maximum atomic E-state index is 5.51. The molecule has 13 heavy (non-hydrogen) atoms. The normalized spacial score (nSPS) is 20.9. The Bertz CT molecular complexity index is 179. The first-order valence-electron chi connectivity index (χ1n) is 4.99. The lowest BCUT2D eigenvalue weighted by atomic mass is 9.98. The third-order valence-corrected chi connectivity index (χ3v) is 2.61. The van der Waals surface area contributed by atoms with Gasteiger partial charge in [0.15, 0.2) is 5.79 Å². The minimum absolute atomic E-state index is 0.349. The summed E-state index contributed by atoms with van der Waals surface area (Å²) in [6.07, 6.45) is 1.91. The van der Waals surface area contributed by atoms with Gasteiger partial charge in [0.05, 0.1) is 13.2 Å². The van der Waals surface area contributed by atoms with Crippen LogP contribution in [0.4, 0.5) is 0 Å². The minimum atomic E-state index is -0.349. The summed E-state index contributed by atoms with van der Waals surface area (Å²) in [5, 5.41) is 0. The molecular weight excluding hydrogens is 164 g/mol. The van der Waals surface area contributed by atoms with E-state index in [1.165, 1.54) is 5.57 Å². The van der Waals surface area contributed by atoms with Crippen LogP contribution in [0.1, 0.15) is 33.6 Å². The van der Waals surface area contributed by atoms with Crippen LogP contribution in [0.15, 0.2) is 12.2 Å². The van der Waals surface area contributed by atoms with Crippen LogP contribution in [0, 0.1) is 5.92 Å². The summed E-state index contributed by atoms with van der Waals surface area (Å²) in [6, 6.07) is 0. The predicted octanol–water partition coefficient (Wildman–Crippen LogP) is 2.74. The third kappa shape index (κ3) is 3.12. The fourth-order valence-corrected chi connectivity index (χ4v) is 1.38. The highest BCUT2D eigenvalue weighted by Gasteiger charge is 2.30. The van der Waals surface area contributed by atoms with Crippen molar-refractivity contribution < 1.29 is 9.47 Å². The fourth-order valence-electron chi connectivity index (χ4n) is 1.38. The lowest BCUT2D eigenvalue weighted by Gasteiger charge is -2.23. The van der Waals surface area contributed by atoms with Crippen LogP contribution in [-0.2, 0) is 9.47 Å². The Balaban J connectivity index is 2.29. The van der Waals surface area contributed by atoms with Gasteiger partial charge >= 0.3 is 0 Å².